The molecule has 0 aliphatic carbocycles. The maximum Gasteiger partial charge on any atom is 0.119 e. The lowest BCUT2D eigenvalue weighted by Gasteiger charge is -2.10. The van der Waals surface area contributed by atoms with E-state index in [1.807, 2.05) is 31.2 Å². The molecule has 1 aromatic heterocycles. The summed E-state index contributed by atoms with van der Waals surface area (Å²) in [6, 6.07) is 13.8. The van der Waals surface area contributed by atoms with Crippen LogP contribution in [0.2, 0.25) is 0 Å². The van der Waals surface area contributed by atoms with E-state index in [4.69, 9.17) is 4.74 Å². The van der Waals surface area contributed by atoms with Gasteiger partial charge in [0.2, 0.25) is 0 Å². The maximum absolute atomic E-state index is 9.77. The smallest absolute Gasteiger partial charge is 0.119 e. The van der Waals surface area contributed by atoms with Crippen LogP contribution in [-0.2, 0) is 6.54 Å². The number of aromatic nitrogens is 1. The summed E-state index contributed by atoms with van der Waals surface area (Å²) in [5.74, 6) is 1.20. The molecule has 0 spiro atoms. The average Bonchev–Trinajstić information content (AvgIpc) is 2.80. The van der Waals surface area contributed by atoms with Crippen LogP contribution in [0.4, 0.5) is 0 Å². The summed E-state index contributed by atoms with van der Waals surface area (Å²) in [6.07, 6.45) is 0. The Labute approximate surface area is 130 Å². The lowest BCUT2D eigenvalue weighted by Crippen LogP contribution is -1.97. The summed E-state index contributed by atoms with van der Waals surface area (Å²) in [6.45, 7) is 7.80. The molecule has 0 amide bonds. The van der Waals surface area contributed by atoms with Crippen LogP contribution in [0.1, 0.15) is 19.4 Å². The normalized spacial score (nSPS) is 11.0. The summed E-state index contributed by atoms with van der Waals surface area (Å²) < 4.78 is 7.81. The third kappa shape index (κ3) is 2.33. The van der Waals surface area contributed by atoms with Gasteiger partial charge in [0.25, 0.3) is 0 Å². The lowest BCUT2D eigenvalue weighted by atomic mass is 10.1. The molecule has 3 rings (SSSR count). The minimum Gasteiger partial charge on any atom is -0.508 e. The number of ether oxygens (including phenoxy) is 1. The van der Waals surface area contributed by atoms with E-state index in [9.17, 15) is 5.11 Å². The van der Waals surface area contributed by atoms with Gasteiger partial charge in [-0.3, -0.25) is 0 Å². The highest BCUT2D eigenvalue weighted by Gasteiger charge is 2.15. The second-order valence-electron chi connectivity index (χ2n) is 5.38. The zero-order valence-electron chi connectivity index (χ0n) is 13.3. The Morgan fingerprint density at radius 1 is 1.05 bits per heavy atom. The average molecular weight is 295 g/mol. The van der Waals surface area contributed by atoms with Gasteiger partial charge in [-0.1, -0.05) is 0 Å². The van der Waals surface area contributed by atoms with Gasteiger partial charge in [0.1, 0.15) is 11.5 Å². The van der Waals surface area contributed by atoms with Gasteiger partial charge in [-0.25, -0.2) is 0 Å². The third-order valence-corrected chi connectivity index (χ3v) is 4.06. The number of phenolic OH excluding ortho intramolecular Hbond substituents is 1. The van der Waals surface area contributed by atoms with Crippen molar-refractivity contribution < 1.29 is 9.84 Å². The van der Waals surface area contributed by atoms with Crippen molar-refractivity contribution in [1.29, 1.82) is 0 Å². The molecule has 3 heteroatoms. The van der Waals surface area contributed by atoms with Crippen LogP contribution >= 0.6 is 0 Å². The quantitative estimate of drug-likeness (QED) is 0.754. The number of phenols is 1. The van der Waals surface area contributed by atoms with Crippen LogP contribution in [-0.4, -0.2) is 16.3 Å². The van der Waals surface area contributed by atoms with E-state index in [-0.39, 0.29) is 0 Å². The number of rotatable bonds is 4. The third-order valence-electron chi connectivity index (χ3n) is 4.06. The van der Waals surface area contributed by atoms with Gasteiger partial charge in [-0.2, -0.15) is 0 Å². The topological polar surface area (TPSA) is 34.4 Å². The standard InChI is InChI=1S/C19H21NO2/c1-4-20-18-11-8-15(21)12-17(18)13(3)19(20)14-6-9-16(10-7-14)22-5-2/h6-12,21H,4-5H2,1-3H3. The van der Waals surface area contributed by atoms with Gasteiger partial charge in [0, 0.05) is 17.4 Å². The van der Waals surface area contributed by atoms with Crippen molar-refractivity contribution in [3.63, 3.8) is 0 Å². The Hall–Kier alpha value is -2.42. The summed E-state index contributed by atoms with van der Waals surface area (Å²) in [5.41, 5.74) is 4.71. The summed E-state index contributed by atoms with van der Waals surface area (Å²) in [7, 11) is 0. The van der Waals surface area contributed by atoms with Gasteiger partial charge >= 0.3 is 0 Å². The molecular weight excluding hydrogens is 274 g/mol. The molecular formula is C19H21NO2. The highest BCUT2D eigenvalue weighted by molar-refractivity contribution is 5.92. The Morgan fingerprint density at radius 2 is 1.77 bits per heavy atom. The van der Waals surface area contributed by atoms with Gasteiger partial charge < -0.3 is 14.4 Å². The molecule has 0 fully saturated rings. The molecule has 3 aromatic rings. The first-order valence-electron chi connectivity index (χ1n) is 7.70. The number of aromatic hydroxyl groups is 1. The predicted octanol–water partition coefficient (Wildman–Crippen LogP) is 4.74. The van der Waals surface area contributed by atoms with E-state index < -0.39 is 0 Å². The number of fused-ring (bicyclic) bond motifs is 1. The van der Waals surface area contributed by atoms with Crippen molar-refractivity contribution in [2.75, 3.05) is 6.61 Å². The number of aryl methyl sites for hydroxylation is 2. The molecule has 3 nitrogen and oxygen atoms in total. The van der Waals surface area contributed by atoms with Crippen molar-refractivity contribution in [3.8, 4) is 22.8 Å². The van der Waals surface area contributed by atoms with Gasteiger partial charge in [-0.05, 0) is 74.4 Å². The predicted molar refractivity (Wildman–Crippen MR) is 90.6 cm³/mol. The minimum atomic E-state index is 0.307. The fourth-order valence-electron chi connectivity index (χ4n) is 3.09. The zero-order chi connectivity index (χ0) is 15.7. The highest BCUT2D eigenvalue weighted by atomic mass is 16.5. The molecule has 2 aromatic carbocycles. The molecule has 22 heavy (non-hydrogen) atoms. The first kappa shape index (κ1) is 14.5. The molecule has 0 saturated carbocycles. The van der Waals surface area contributed by atoms with Crippen molar-refractivity contribution in [3.05, 3.63) is 48.0 Å². The highest BCUT2D eigenvalue weighted by Crippen LogP contribution is 2.35. The minimum absolute atomic E-state index is 0.307. The van der Waals surface area contributed by atoms with Crippen LogP contribution in [0.5, 0.6) is 11.5 Å². The van der Waals surface area contributed by atoms with Crippen LogP contribution < -0.4 is 4.74 Å². The van der Waals surface area contributed by atoms with Crippen LogP contribution in [0, 0.1) is 6.92 Å². The first-order valence-corrected chi connectivity index (χ1v) is 7.70. The van der Waals surface area contributed by atoms with Gasteiger partial charge in [-0.15, -0.1) is 0 Å². The molecule has 114 valence electrons. The van der Waals surface area contributed by atoms with E-state index in [0.717, 1.165) is 23.2 Å². The fraction of sp³-hybridized carbons (Fsp3) is 0.263. The van der Waals surface area contributed by atoms with Crippen molar-refractivity contribution in [2.45, 2.75) is 27.3 Å². The summed E-state index contributed by atoms with van der Waals surface area (Å²) in [4.78, 5) is 0. The van der Waals surface area contributed by atoms with E-state index in [0.29, 0.717) is 12.4 Å². The Kier molecular flexibility index (Phi) is 3.80. The maximum atomic E-state index is 9.77. The molecule has 0 saturated heterocycles. The van der Waals surface area contributed by atoms with Crippen LogP contribution in [0.25, 0.3) is 22.2 Å². The second kappa shape index (κ2) is 5.76. The Balaban J connectivity index is 2.19. The van der Waals surface area contributed by atoms with E-state index in [1.165, 1.54) is 16.8 Å². The molecule has 0 radical (unpaired) electrons. The first-order chi connectivity index (χ1) is 10.7. The molecule has 0 aliphatic heterocycles. The Morgan fingerprint density at radius 3 is 2.41 bits per heavy atom. The summed E-state index contributed by atoms with van der Waals surface area (Å²) >= 11 is 0. The fourth-order valence-corrected chi connectivity index (χ4v) is 3.09. The molecule has 0 atom stereocenters. The number of benzene rings is 2. The van der Waals surface area contributed by atoms with E-state index in [2.05, 4.69) is 30.5 Å². The second-order valence-corrected chi connectivity index (χ2v) is 5.38. The number of hydrogen-bond acceptors (Lipinski definition) is 2. The lowest BCUT2D eigenvalue weighted by molar-refractivity contribution is 0.340. The van der Waals surface area contributed by atoms with Gasteiger partial charge in [0.05, 0.1) is 12.3 Å². The Bertz CT molecular complexity index is 800. The monoisotopic (exact) mass is 295 g/mol. The molecule has 0 unspecified atom stereocenters. The molecule has 0 aliphatic rings. The largest absolute Gasteiger partial charge is 0.508 e. The van der Waals surface area contributed by atoms with Gasteiger partial charge in [0.15, 0.2) is 0 Å². The SMILES string of the molecule is CCOc1ccc(-c2c(C)c3cc(O)ccc3n2CC)cc1. The molecule has 1 N–H and O–H groups in total. The van der Waals surface area contributed by atoms with E-state index >= 15 is 0 Å². The summed E-state index contributed by atoms with van der Waals surface area (Å²) in [5, 5.41) is 10.9. The molecule has 1 heterocycles. The number of nitrogens with zero attached hydrogens (tertiary/aromatic N) is 1. The van der Waals surface area contributed by atoms with Crippen molar-refractivity contribution in [1.82, 2.24) is 4.57 Å². The zero-order valence-corrected chi connectivity index (χ0v) is 13.3. The number of hydrogen-bond donors (Lipinski definition) is 1. The van der Waals surface area contributed by atoms with Crippen molar-refractivity contribution in [2.24, 2.45) is 0 Å². The molecule has 0 bridgehead atoms. The van der Waals surface area contributed by atoms with Crippen LogP contribution in [0.3, 0.4) is 0 Å². The van der Waals surface area contributed by atoms with Crippen LogP contribution in [0.15, 0.2) is 42.5 Å². The van der Waals surface area contributed by atoms with Crippen molar-refractivity contribution >= 4 is 10.9 Å². The van der Waals surface area contributed by atoms with E-state index in [1.54, 1.807) is 6.07 Å².